The van der Waals surface area contributed by atoms with Crippen LogP contribution in [0.5, 0.6) is 0 Å². The van der Waals surface area contributed by atoms with Crippen LogP contribution in [0.4, 0.5) is 0 Å². The topological polar surface area (TPSA) is 0 Å². The number of halogens is 1. The Bertz CT molecular complexity index is 1160. The van der Waals surface area contributed by atoms with Gasteiger partial charge in [0, 0.05) is 33.6 Å². The summed E-state index contributed by atoms with van der Waals surface area (Å²) < 4.78 is 0. The zero-order valence-corrected chi connectivity index (χ0v) is 21.2. The predicted octanol–water partition coefficient (Wildman–Crippen LogP) is 6.14. The highest BCUT2D eigenvalue weighted by Gasteiger charge is 2.19. The van der Waals surface area contributed by atoms with Gasteiger partial charge in [-0.15, -0.1) is 0 Å². The van der Waals surface area contributed by atoms with Gasteiger partial charge in [0.2, 0.25) is 21.1 Å². The molecule has 0 amide bonds. The van der Waals surface area contributed by atoms with E-state index in [9.17, 15) is 0 Å². The first-order chi connectivity index (χ1) is 14.8. The Kier molecular flexibility index (Phi) is 7.67. The molecule has 0 spiro atoms. The molecule has 4 heteroatoms. The molecular weight excluding hydrogens is 547 g/mol. The lowest BCUT2D eigenvalue weighted by Gasteiger charge is -2.01. The molecule has 1 aliphatic rings. The Balaban J connectivity index is 0.00000231. The van der Waals surface area contributed by atoms with E-state index < -0.39 is 0 Å². The van der Waals surface area contributed by atoms with Gasteiger partial charge in [0.05, 0.1) is 0 Å². The first-order valence-corrected chi connectivity index (χ1v) is 12.7. The van der Waals surface area contributed by atoms with Crippen molar-refractivity contribution in [1.82, 2.24) is 0 Å². The molecule has 0 saturated heterocycles. The molecule has 0 saturated carbocycles. The van der Waals surface area contributed by atoms with Crippen molar-refractivity contribution in [2.75, 3.05) is 0 Å². The average molecular weight is 567 g/mol. The number of hydrogen-bond acceptors (Lipinski definition) is 2. The number of hydrogen-bond donors (Lipinski definition) is 0. The fourth-order valence-electron chi connectivity index (χ4n) is 3.35. The summed E-state index contributed by atoms with van der Waals surface area (Å²) in [4.78, 5) is 5.16. The second-order valence-electron chi connectivity index (χ2n) is 6.93. The highest BCUT2D eigenvalue weighted by molar-refractivity contribution is 8.82. The van der Waals surface area contributed by atoms with E-state index in [1.807, 2.05) is 32.9 Å². The molecule has 0 unspecified atom stereocenters. The van der Waals surface area contributed by atoms with Crippen LogP contribution in [0.15, 0.2) is 114 Å². The molecule has 0 N–H and O–H groups in total. The molecule has 5 rings (SSSR count). The van der Waals surface area contributed by atoms with Gasteiger partial charge in [0.1, 0.15) is 0 Å². The summed E-state index contributed by atoms with van der Waals surface area (Å²) in [5, 5.41) is 0. The van der Waals surface area contributed by atoms with Crippen molar-refractivity contribution in [2.45, 2.75) is 0 Å². The van der Waals surface area contributed by atoms with Crippen molar-refractivity contribution in [1.29, 1.82) is 0 Å². The van der Waals surface area contributed by atoms with Crippen molar-refractivity contribution in [3.8, 4) is 21.6 Å². The van der Waals surface area contributed by atoms with E-state index in [-0.39, 0.29) is 24.0 Å². The molecule has 2 heterocycles. The number of allylic oxidation sites excluding steroid dienone is 1. The van der Waals surface area contributed by atoms with Crippen LogP contribution in [0.2, 0.25) is 0 Å². The summed E-state index contributed by atoms with van der Waals surface area (Å²) in [6.07, 6.45) is 4.62. The third-order valence-electron chi connectivity index (χ3n) is 4.82. The van der Waals surface area contributed by atoms with Gasteiger partial charge >= 0.3 is 0 Å². The minimum atomic E-state index is 0. The molecule has 0 radical (unpaired) electrons. The van der Waals surface area contributed by atoms with Crippen molar-refractivity contribution in [3.63, 3.8) is 0 Å². The Morgan fingerprint density at radius 1 is 0.581 bits per heavy atom. The molecular formula is C27H19IS3. The molecule has 0 fully saturated rings. The first-order valence-electron chi connectivity index (χ1n) is 9.77. The third kappa shape index (κ3) is 5.50. The quantitative estimate of drug-likeness (QED) is 0.165. The van der Waals surface area contributed by atoms with E-state index in [2.05, 4.69) is 115 Å². The number of benzene rings is 3. The Morgan fingerprint density at radius 3 is 1.81 bits per heavy atom. The van der Waals surface area contributed by atoms with E-state index in [0.29, 0.717) is 0 Å². The second-order valence-corrected chi connectivity index (χ2v) is 10.3. The molecule has 0 bridgehead atoms. The minimum absolute atomic E-state index is 0. The molecule has 3 aromatic carbocycles. The SMILES string of the molecule is C1=C(c2ccccc2)SS/C1=C\c1cc(-c2ccccc2)cc(-c2ccccc2)[s+]1.[I-]. The lowest BCUT2D eigenvalue weighted by Crippen LogP contribution is -3.00. The molecule has 0 nitrogen and oxygen atoms in total. The van der Waals surface area contributed by atoms with Crippen LogP contribution >= 0.6 is 32.9 Å². The summed E-state index contributed by atoms with van der Waals surface area (Å²) >= 11 is 1.84. The van der Waals surface area contributed by atoms with E-state index >= 15 is 0 Å². The van der Waals surface area contributed by atoms with Crippen LogP contribution in [-0.2, 0) is 0 Å². The molecule has 0 aliphatic carbocycles. The molecule has 1 aliphatic heterocycles. The average Bonchev–Trinajstić information content (AvgIpc) is 3.29. The molecule has 1 aromatic heterocycles. The van der Waals surface area contributed by atoms with Gasteiger partial charge in [0.15, 0.2) is 0 Å². The van der Waals surface area contributed by atoms with Gasteiger partial charge in [-0.25, -0.2) is 0 Å². The van der Waals surface area contributed by atoms with Crippen molar-refractivity contribution >= 4 is 43.9 Å². The highest BCUT2D eigenvalue weighted by Crippen LogP contribution is 2.50. The van der Waals surface area contributed by atoms with Gasteiger partial charge in [-0.1, -0.05) is 100 Å². The maximum absolute atomic E-state index is 2.32. The molecule has 4 aromatic rings. The smallest absolute Gasteiger partial charge is 0.239 e. The summed E-state index contributed by atoms with van der Waals surface area (Å²) in [5.41, 5.74) is 5.04. The monoisotopic (exact) mass is 566 g/mol. The van der Waals surface area contributed by atoms with Crippen LogP contribution in [0.3, 0.4) is 0 Å². The van der Waals surface area contributed by atoms with Crippen LogP contribution in [0.1, 0.15) is 10.4 Å². The van der Waals surface area contributed by atoms with Crippen LogP contribution < -0.4 is 24.0 Å². The number of rotatable bonds is 4. The summed E-state index contributed by atoms with van der Waals surface area (Å²) in [7, 11) is 3.67. The third-order valence-corrected chi connectivity index (χ3v) is 8.28. The van der Waals surface area contributed by atoms with E-state index in [1.165, 1.54) is 41.8 Å². The van der Waals surface area contributed by atoms with Crippen molar-refractivity contribution < 1.29 is 24.0 Å². The largest absolute Gasteiger partial charge is 1.00 e. The predicted molar refractivity (Wildman–Crippen MR) is 137 cm³/mol. The molecule has 152 valence electrons. The molecule has 0 atom stereocenters. The van der Waals surface area contributed by atoms with Gasteiger partial charge in [0.25, 0.3) is 0 Å². The van der Waals surface area contributed by atoms with E-state index in [0.717, 1.165) is 0 Å². The summed E-state index contributed by atoms with van der Waals surface area (Å²) in [6.45, 7) is 0. The Labute approximate surface area is 212 Å². The Hall–Kier alpha value is -1.86. The zero-order valence-electron chi connectivity index (χ0n) is 16.6. The lowest BCUT2D eigenvalue weighted by molar-refractivity contribution is -0.00000536. The highest BCUT2D eigenvalue weighted by atomic mass is 127. The maximum atomic E-state index is 2.32. The summed E-state index contributed by atoms with van der Waals surface area (Å²) in [5.74, 6) is 0. The van der Waals surface area contributed by atoms with E-state index in [1.54, 1.807) is 0 Å². The van der Waals surface area contributed by atoms with Crippen LogP contribution in [-0.4, -0.2) is 0 Å². The fraction of sp³-hybridized carbons (Fsp3) is 0. The zero-order chi connectivity index (χ0) is 20.2. The maximum Gasteiger partial charge on any atom is 0.239 e. The van der Waals surface area contributed by atoms with Gasteiger partial charge in [-0.2, -0.15) is 0 Å². The van der Waals surface area contributed by atoms with Gasteiger partial charge in [-0.05, 0) is 34.9 Å². The second kappa shape index (κ2) is 10.6. The van der Waals surface area contributed by atoms with E-state index in [4.69, 9.17) is 0 Å². The standard InChI is InChI=1S/C27H19S3.HI/c1-4-10-20(11-5-1)23-16-24(28-26(17-23)21-12-6-2-7-13-21)18-25-19-27(30-29-25)22-14-8-3-9-15-22;/h1-19H;1H/q+1;/p-1. The van der Waals surface area contributed by atoms with Crippen molar-refractivity contribution in [3.05, 3.63) is 125 Å². The lowest BCUT2D eigenvalue weighted by atomic mass is 10.1. The van der Waals surface area contributed by atoms with Crippen molar-refractivity contribution in [2.24, 2.45) is 0 Å². The van der Waals surface area contributed by atoms with Gasteiger partial charge in [-0.3, -0.25) is 0 Å². The van der Waals surface area contributed by atoms with Crippen LogP contribution in [0, 0.1) is 0 Å². The fourth-order valence-corrected chi connectivity index (χ4v) is 6.77. The molecule has 31 heavy (non-hydrogen) atoms. The summed E-state index contributed by atoms with van der Waals surface area (Å²) in [6, 6.07) is 36.5. The van der Waals surface area contributed by atoms with Gasteiger partial charge < -0.3 is 24.0 Å². The normalized spacial score (nSPS) is 14.2. The first kappa shape index (κ1) is 22.3. The Morgan fingerprint density at radius 2 is 1.16 bits per heavy atom. The van der Waals surface area contributed by atoms with Crippen LogP contribution in [0.25, 0.3) is 32.5 Å². The minimum Gasteiger partial charge on any atom is -1.00 e.